The molecule has 0 bridgehead atoms. The van der Waals surface area contributed by atoms with E-state index >= 15 is 0 Å². The Morgan fingerprint density at radius 3 is 0.698 bits per heavy atom. The van der Waals surface area contributed by atoms with Gasteiger partial charge in [-0.05, 0) is 0 Å². The van der Waals surface area contributed by atoms with E-state index in [2.05, 4.69) is 41.5 Å². The smallest absolute Gasteiger partial charge is 0.0910 e. The van der Waals surface area contributed by atoms with Crippen LogP contribution in [0.15, 0.2) is 0 Å². The second-order valence-corrected chi connectivity index (χ2v) is 18.3. The van der Waals surface area contributed by atoms with E-state index in [4.69, 9.17) is 0 Å². The molecule has 0 nitrogen and oxygen atoms in total. The van der Waals surface area contributed by atoms with Gasteiger partial charge >= 0.3 is 0 Å². The molecule has 3 atom stereocenters. The van der Waals surface area contributed by atoms with Gasteiger partial charge in [0.05, 0.1) is 0 Å². The molecule has 1 heteroatoms. The summed E-state index contributed by atoms with van der Waals surface area (Å²) in [6.07, 6.45) is 44.3. The second kappa shape index (κ2) is 35.4. The Kier molecular flexibility index (Phi) is 35.8. The van der Waals surface area contributed by atoms with Crippen molar-refractivity contribution in [3.63, 3.8) is 0 Å². The van der Waals surface area contributed by atoms with Crippen molar-refractivity contribution in [1.29, 1.82) is 0 Å². The van der Waals surface area contributed by atoms with Gasteiger partial charge in [-0.2, -0.15) is 0 Å². The zero-order valence-corrected chi connectivity index (χ0v) is 32.8. The van der Waals surface area contributed by atoms with Crippen molar-refractivity contribution >= 4 is 14.1 Å². The summed E-state index contributed by atoms with van der Waals surface area (Å²) in [5.74, 6) is 3.12. The fraction of sp³-hybridized carbons (Fsp3) is 1.00. The summed E-state index contributed by atoms with van der Waals surface area (Å²) in [6, 6.07) is 0. The van der Waals surface area contributed by atoms with Crippen LogP contribution in [0.4, 0.5) is 0 Å². The van der Waals surface area contributed by atoms with Crippen LogP contribution in [0.1, 0.15) is 234 Å². The zero-order chi connectivity index (χ0) is 31.6. The van der Waals surface area contributed by atoms with Gasteiger partial charge in [-0.1, -0.05) is 268 Å². The molecular formula is C42H87Al. The van der Waals surface area contributed by atoms with Crippen molar-refractivity contribution < 1.29 is 0 Å². The largest absolute Gasteiger partial charge is 0.262 e. The molecule has 0 spiro atoms. The van der Waals surface area contributed by atoms with Gasteiger partial charge in [-0.15, -0.1) is 0 Å². The number of hydrogen-bond acceptors (Lipinski definition) is 0. The summed E-state index contributed by atoms with van der Waals surface area (Å²) >= 11 is -0.695. The molecule has 0 saturated heterocycles. The van der Waals surface area contributed by atoms with Crippen LogP contribution in [0.3, 0.4) is 0 Å². The van der Waals surface area contributed by atoms with Gasteiger partial charge in [0.25, 0.3) is 14.1 Å². The lowest BCUT2D eigenvalue weighted by Crippen LogP contribution is -2.24. The minimum atomic E-state index is -0.695. The molecule has 0 heterocycles. The summed E-state index contributed by atoms with van der Waals surface area (Å²) in [5.41, 5.74) is 0. The fourth-order valence-electron chi connectivity index (χ4n) is 7.87. The first-order valence-corrected chi connectivity index (χ1v) is 23.6. The van der Waals surface area contributed by atoms with Gasteiger partial charge in [-0.3, -0.25) is 0 Å². The molecule has 0 aliphatic heterocycles. The van der Waals surface area contributed by atoms with Gasteiger partial charge in [0.2, 0.25) is 0 Å². The van der Waals surface area contributed by atoms with E-state index in [0.29, 0.717) is 0 Å². The predicted octanol–water partition coefficient (Wildman–Crippen LogP) is 16.2. The number of unbranched alkanes of at least 4 members (excludes halogenated alkanes) is 21. The van der Waals surface area contributed by atoms with Crippen molar-refractivity contribution in [1.82, 2.24) is 0 Å². The third kappa shape index (κ3) is 29.7. The molecule has 43 heavy (non-hydrogen) atoms. The minimum absolute atomic E-state index is 0.695. The van der Waals surface area contributed by atoms with Crippen LogP contribution in [0.5, 0.6) is 0 Å². The molecule has 3 unspecified atom stereocenters. The third-order valence-corrected chi connectivity index (χ3v) is 15.1. The molecule has 0 aromatic heterocycles. The van der Waals surface area contributed by atoms with Crippen LogP contribution in [0.2, 0.25) is 15.8 Å². The molecule has 0 aromatic rings. The average molecular weight is 619 g/mol. The molecule has 0 fully saturated rings. The molecule has 0 aliphatic rings. The van der Waals surface area contributed by atoms with Gasteiger partial charge in [0.15, 0.2) is 0 Å². The quantitative estimate of drug-likeness (QED) is 0.0484. The maximum atomic E-state index is 2.52. The third-order valence-electron chi connectivity index (χ3n) is 11.1. The maximum Gasteiger partial charge on any atom is 0.262 e. The Bertz CT molecular complexity index is 430. The highest BCUT2D eigenvalue weighted by molar-refractivity contribution is 6.59. The van der Waals surface area contributed by atoms with Gasteiger partial charge in [-0.25, -0.2) is 0 Å². The lowest BCUT2D eigenvalue weighted by atomic mass is 9.98. The lowest BCUT2D eigenvalue weighted by Gasteiger charge is -2.26. The summed E-state index contributed by atoms with van der Waals surface area (Å²) in [5, 5.41) is 5.03. The first-order valence-electron chi connectivity index (χ1n) is 21.1. The van der Waals surface area contributed by atoms with E-state index in [9.17, 15) is 0 Å². The number of hydrogen-bond donors (Lipinski definition) is 0. The topological polar surface area (TPSA) is 0 Å². The standard InChI is InChI=1S/3C14H29.Al/c3*1-4-6-7-8-9-10-11-12-13-14(3)5-2;/h3*14H,3-13H2,1-2H3;. The van der Waals surface area contributed by atoms with Crippen LogP contribution < -0.4 is 0 Å². The van der Waals surface area contributed by atoms with E-state index in [-0.39, 0.29) is 0 Å². The summed E-state index contributed by atoms with van der Waals surface area (Å²) in [6.45, 7) is 14.6. The van der Waals surface area contributed by atoms with Gasteiger partial charge < -0.3 is 0 Å². The summed E-state index contributed by atoms with van der Waals surface area (Å²) < 4.78 is 0. The normalized spacial score (nSPS) is 13.8. The Balaban J connectivity index is 4.78. The van der Waals surface area contributed by atoms with Crippen molar-refractivity contribution in [3.05, 3.63) is 0 Å². The first kappa shape index (κ1) is 43.5. The molecule has 0 aromatic carbocycles. The van der Waals surface area contributed by atoms with E-state index in [0.717, 1.165) is 17.8 Å². The average Bonchev–Trinajstić information content (AvgIpc) is 3.02. The first-order chi connectivity index (χ1) is 21.1. The second-order valence-electron chi connectivity index (χ2n) is 15.2. The Morgan fingerprint density at radius 1 is 0.279 bits per heavy atom. The van der Waals surface area contributed by atoms with Crippen LogP contribution >= 0.6 is 0 Å². The molecule has 0 aliphatic carbocycles. The monoisotopic (exact) mass is 619 g/mol. The molecule has 0 saturated carbocycles. The van der Waals surface area contributed by atoms with Crippen molar-refractivity contribution in [3.8, 4) is 0 Å². The van der Waals surface area contributed by atoms with E-state index in [1.165, 1.54) is 173 Å². The molecular weight excluding hydrogens is 531 g/mol. The van der Waals surface area contributed by atoms with Gasteiger partial charge in [0, 0.05) is 0 Å². The van der Waals surface area contributed by atoms with Crippen LogP contribution in [-0.2, 0) is 0 Å². The van der Waals surface area contributed by atoms with E-state index in [1.54, 1.807) is 35.1 Å². The molecule has 0 rings (SSSR count). The molecule has 258 valence electrons. The van der Waals surface area contributed by atoms with Gasteiger partial charge in [0.1, 0.15) is 0 Å². The molecule has 0 amide bonds. The Morgan fingerprint density at radius 2 is 0.488 bits per heavy atom. The Labute approximate surface area is 280 Å². The van der Waals surface area contributed by atoms with Crippen LogP contribution in [0.25, 0.3) is 0 Å². The van der Waals surface area contributed by atoms with E-state index < -0.39 is 14.1 Å². The fourth-order valence-corrected chi connectivity index (χ4v) is 13.0. The predicted molar refractivity (Wildman–Crippen MR) is 203 cm³/mol. The van der Waals surface area contributed by atoms with Crippen LogP contribution in [0, 0.1) is 17.8 Å². The maximum absolute atomic E-state index is 2.52. The molecule has 0 radical (unpaired) electrons. The van der Waals surface area contributed by atoms with Crippen molar-refractivity contribution in [2.45, 2.75) is 250 Å². The summed E-state index contributed by atoms with van der Waals surface area (Å²) in [4.78, 5) is 0. The summed E-state index contributed by atoms with van der Waals surface area (Å²) in [7, 11) is 0. The molecule has 0 N–H and O–H groups in total. The van der Waals surface area contributed by atoms with Crippen molar-refractivity contribution in [2.24, 2.45) is 17.8 Å². The highest BCUT2D eigenvalue weighted by atomic mass is 27.2. The highest BCUT2D eigenvalue weighted by Crippen LogP contribution is 2.32. The SMILES string of the molecule is CCCCCCCCCCC(CC)[CH2][Al]([CH2]C(CC)CCCCCCCCCC)[CH2]C(CC)CCCCCCCCCC. The lowest BCUT2D eigenvalue weighted by molar-refractivity contribution is 0.438. The highest BCUT2D eigenvalue weighted by Gasteiger charge is 2.27. The Hall–Kier alpha value is 0.532. The zero-order valence-electron chi connectivity index (χ0n) is 31.6. The minimum Gasteiger partial charge on any atom is -0.0910 e. The number of rotatable bonds is 36. The van der Waals surface area contributed by atoms with Crippen LogP contribution in [-0.4, -0.2) is 14.1 Å². The van der Waals surface area contributed by atoms with E-state index in [1.807, 2.05) is 0 Å². The van der Waals surface area contributed by atoms with Crippen molar-refractivity contribution in [2.75, 3.05) is 0 Å².